The molecule has 0 fully saturated rings. The van der Waals surface area contributed by atoms with Gasteiger partial charge in [-0.05, 0) is 42.8 Å². The number of H-pyrrole nitrogens is 1. The summed E-state index contributed by atoms with van der Waals surface area (Å²) in [7, 11) is 0. The predicted molar refractivity (Wildman–Crippen MR) is 97.7 cm³/mol. The molecular weight excluding hydrogens is 330 g/mol. The fraction of sp³-hybridized carbons (Fsp3) is 0.111. The minimum Gasteiger partial charge on any atom is -0.345 e. The van der Waals surface area contributed by atoms with Crippen molar-refractivity contribution in [1.29, 1.82) is 0 Å². The quantitative estimate of drug-likeness (QED) is 0.510. The molecule has 4 N–H and O–H groups in total. The Hall–Kier alpha value is -3.52. The largest absolute Gasteiger partial charge is 0.345 e. The third kappa shape index (κ3) is 3.05. The Labute approximate surface area is 149 Å². The summed E-state index contributed by atoms with van der Waals surface area (Å²) in [6.07, 6.45) is 9.25. The molecule has 3 aromatic heterocycles. The maximum Gasteiger partial charge on any atom is 0.261 e. The Morgan fingerprint density at radius 3 is 2.77 bits per heavy atom. The minimum absolute atomic E-state index is 0.259. The van der Waals surface area contributed by atoms with Crippen LogP contribution in [0.15, 0.2) is 55.2 Å². The van der Waals surface area contributed by atoms with Crippen LogP contribution in [-0.4, -0.2) is 37.0 Å². The number of nitrogens with one attached hydrogen (secondary N) is 2. The number of aromatic nitrogens is 5. The number of nitrogens with two attached hydrogens (primary N) is 1. The summed E-state index contributed by atoms with van der Waals surface area (Å²) < 4.78 is 1.60. The number of benzene rings is 1. The van der Waals surface area contributed by atoms with Crippen LogP contribution < -0.4 is 11.1 Å². The summed E-state index contributed by atoms with van der Waals surface area (Å²) in [6, 6.07) is 7.44. The number of hydrogen-bond donors (Lipinski definition) is 3. The highest BCUT2D eigenvalue weighted by atomic mass is 16.1. The Morgan fingerprint density at radius 1 is 1.19 bits per heavy atom. The van der Waals surface area contributed by atoms with Gasteiger partial charge in [0.1, 0.15) is 11.4 Å². The SMILES string of the molecule is NCCc1cnc2c(C(=O)Nc3ccc(-c4ncc[nH]4)cc3)cnn2c1. The van der Waals surface area contributed by atoms with Gasteiger partial charge in [0.2, 0.25) is 0 Å². The fourth-order valence-electron chi connectivity index (χ4n) is 2.70. The lowest BCUT2D eigenvalue weighted by atomic mass is 10.2. The van der Waals surface area contributed by atoms with Crippen molar-refractivity contribution < 1.29 is 4.79 Å². The number of anilines is 1. The Morgan fingerprint density at radius 2 is 2.04 bits per heavy atom. The standard InChI is InChI=1S/C18H17N7O/c19-6-5-12-9-22-17-15(10-23-25(17)11-12)18(26)24-14-3-1-13(2-4-14)16-20-7-8-21-16/h1-4,7-11H,5-6,19H2,(H,20,21)(H,24,26). The Balaban J connectivity index is 1.53. The van der Waals surface area contributed by atoms with Crippen LogP contribution in [0.2, 0.25) is 0 Å². The molecule has 0 radical (unpaired) electrons. The average Bonchev–Trinajstić information content (AvgIpc) is 3.32. The molecule has 0 aliphatic heterocycles. The van der Waals surface area contributed by atoms with E-state index in [9.17, 15) is 4.79 Å². The van der Waals surface area contributed by atoms with Crippen LogP contribution in [0.4, 0.5) is 5.69 Å². The number of imidazole rings is 1. The maximum atomic E-state index is 12.6. The number of carbonyl (C=O) groups is 1. The number of aromatic amines is 1. The highest BCUT2D eigenvalue weighted by molar-refractivity contribution is 6.08. The summed E-state index contributed by atoms with van der Waals surface area (Å²) in [4.78, 5) is 24.2. The maximum absolute atomic E-state index is 12.6. The van der Waals surface area contributed by atoms with E-state index in [1.807, 2.05) is 30.5 Å². The predicted octanol–water partition coefficient (Wildman–Crippen LogP) is 1.87. The number of nitrogens with zero attached hydrogens (tertiary/aromatic N) is 4. The van der Waals surface area contributed by atoms with Crippen LogP contribution in [0.25, 0.3) is 17.0 Å². The zero-order valence-corrected chi connectivity index (χ0v) is 13.9. The molecule has 0 atom stereocenters. The van der Waals surface area contributed by atoms with Crippen molar-refractivity contribution in [3.63, 3.8) is 0 Å². The Bertz CT molecular complexity index is 1040. The van der Waals surface area contributed by atoms with Crippen molar-refractivity contribution in [1.82, 2.24) is 24.6 Å². The van der Waals surface area contributed by atoms with Crippen molar-refractivity contribution in [2.75, 3.05) is 11.9 Å². The topological polar surface area (TPSA) is 114 Å². The second kappa shape index (κ2) is 6.77. The number of fused-ring (bicyclic) bond motifs is 1. The normalized spacial score (nSPS) is 11.0. The van der Waals surface area contributed by atoms with Gasteiger partial charge in [0.15, 0.2) is 5.65 Å². The van der Waals surface area contributed by atoms with E-state index in [0.29, 0.717) is 29.9 Å². The molecule has 130 valence electrons. The van der Waals surface area contributed by atoms with E-state index in [2.05, 4.69) is 25.4 Å². The van der Waals surface area contributed by atoms with Crippen molar-refractivity contribution in [3.8, 4) is 11.4 Å². The lowest BCUT2D eigenvalue weighted by Crippen LogP contribution is -2.12. The molecule has 4 rings (SSSR count). The third-order valence-electron chi connectivity index (χ3n) is 4.00. The summed E-state index contributed by atoms with van der Waals surface area (Å²) in [5.41, 5.74) is 9.09. The van der Waals surface area contributed by atoms with Gasteiger partial charge in [0, 0.05) is 36.0 Å². The summed E-state index contributed by atoms with van der Waals surface area (Å²) in [6.45, 7) is 0.537. The van der Waals surface area contributed by atoms with Crippen LogP contribution in [0.3, 0.4) is 0 Å². The van der Waals surface area contributed by atoms with E-state index in [-0.39, 0.29) is 5.91 Å². The van der Waals surface area contributed by atoms with Gasteiger partial charge in [0.05, 0.1) is 6.20 Å². The average molecular weight is 347 g/mol. The molecule has 0 spiro atoms. The first-order valence-electron chi connectivity index (χ1n) is 8.18. The molecule has 1 amide bonds. The monoisotopic (exact) mass is 347 g/mol. The van der Waals surface area contributed by atoms with Crippen molar-refractivity contribution in [2.45, 2.75) is 6.42 Å². The first kappa shape index (κ1) is 16.0. The molecule has 1 aromatic carbocycles. The molecular formula is C18H17N7O. The van der Waals surface area contributed by atoms with E-state index in [1.165, 1.54) is 6.20 Å². The summed E-state index contributed by atoms with van der Waals surface area (Å²) >= 11 is 0. The first-order valence-corrected chi connectivity index (χ1v) is 8.18. The van der Waals surface area contributed by atoms with Gasteiger partial charge >= 0.3 is 0 Å². The van der Waals surface area contributed by atoms with Gasteiger partial charge in [-0.25, -0.2) is 14.5 Å². The second-order valence-electron chi connectivity index (χ2n) is 5.80. The molecule has 0 aliphatic rings. The highest BCUT2D eigenvalue weighted by Crippen LogP contribution is 2.19. The van der Waals surface area contributed by atoms with Gasteiger partial charge < -0.3 is 16.0 Å². The van der Waals surface area contributed by atoms with E-state index < -0.39 is 0 Å². The van der Waals surface area contributed by atoms with Crippen LogP contribution >= 0.6 is 0 Å². The van der Waals surface area contributed by atoms with Gasteiger partial charge in [-0.1, -0.05) is 0 Å². The summed E-state index contributed by atoms with van der Waals surface area (Å²) in [5, 5.41) is 7.08. The minimum atomic E-state index is -0.259. The number of amides is 1. The molecule has 0 saturated heterocycles. The highest BCUT2D eigenvalue weighted by Gasteiger charge is 2.14. The molecule has 0 aliphatic carbocycles. The molecule has 8 heteroatoms. The molecule has 0 bridgehead atoms. The van der Waals surface area contributed by atoms with Crippen LogP contribution in [-0.2, 0) is 6.42 Å². The van der Waals surface area contributed by atoms with Crippen molar-refractivity contribution in [3.05, 3.63) is 66.4 Å². The lowest BCUT2D eigenvalue weighted by molar-refractivity contribution is 0.102. The smallest absolute Gasteiger partial charge is 0.261 e. The van der Waals surface area contributed by atoms with Gasteiger partial charge in [-0.15, -0.1) is 0 Å². The number of rotatable bonds is 5. The van der Waals surface area contributed by atoms with E-state index in [1.54, 1.807) is 23.1 Å². The van der Waals surface area contributed by atoms with Crippen molar-refractivity contribution in [2.24, 2.45) is 5.73 Å². The van der Waals surface area contributed by atoms with Gasteiger partial charge in [-0.2, -0.15) is 5.10 Å². The van der Waals surface area contributed by atoms with Gasteiger partial charge in [-0.3, -0.25) is 4.79 Å². The van der Waals surface area contributed by atoms with Crippen LogP contribution in [0.1, 0.15) is 15.9 Å². The molecule has 4 aromatic rings. The fourth-order valence-corrected chi connectivity index (χ4v) is 2.70. The lowest BCUT2D eigenvalue weighted by Gasteiger charge is -2.05. The molecule has 0 saturated carbocycles. The molecule has 0 unspecified atom stereocenters. The van der Waals surface area contributed by atoms with Crippen molar-refractivity contribution >= 4 is 17.2 Å². The Kier molecular flexibility index (Phi) is 4.16. The first-order chi connectivity index (χ1) is 12.7. The van der Waals surface area contributed by atoms with Crippen LogP contribution in [0, 0.1) is 0 Å². The number of hydrogen-bond acceptors (Lipinski definition) is 5. The summed E-state index contributed by atoms with van der Waals surface area (Å²) in [5.74, 6) is 0.521. The second-order valence-corrected chi connectivity index (χ2v) is 5.80. The third-order valence-corrected chi connectivity index (χ3v) is 4.00. The van der Waals surface area contributed by atoms with E-state index in [0.717, 1.165) is 17.0 Å². The molecule has 8 nitrogen and oxygen atoms in total. The zero-order valence-electron chi connectivity index (χ0n) is 13.9. The van der Waals surface area contributed by atoms with E-state index >= 15 is 0 Å². The molecule has 26 heavy (non-hydrogen) atoms. The van der Waals surface area contributed by atoms with E-state index in [4.69, 9.17) is 5.73 Å². The zero-order chi connectivity index (χ0) is 17.9. The number of carbonyl (C=O) groups excluding carboxylic acids is 1. The van der Waals surface area contributed by atoms with Crippen LogP contribution in [0.5, 0.6) is 0 Å². The van der Waals surface area contributed by atoms with Gasteiger partial charge in [0.25, 0.3) is 5.91 Å². The molecule has 3 heterocycles.